The van der Waals surface area contributed by atoms with E-state index in [0.29, 0.717) is 0 Å². The molecule has 1 fully saturated rings. The van der Waals surface area contributed by atoms with Crippen LogP contribution in [0.15, 0.2) is 54.6 Å². The molecule has 0 aromatic heterocycles. The summed E-state index contributed by atoms with van der Waals surface area (Å²) in [5.74, 6) is 1.01. The van der Waals surface area contributed by atoms with Gasteiger partial charge in [-0.15, -0.1) is 0 Å². The molecule has 3 rings (SSSR count). The third kappa shape index (κ3) is 4.72. The highest BCUT2D eigenvalue weighted by molar-refractivity contribution is 5.40. The summed E-state index contributed by atoms with van der Waals surface area (Å²) < 4.78 is 11.9. The lowest BCUT2D eigenvalue weighted by Gasteiger charge is -2.46. The summed E-state index contributed by atoms with van der Waals surface area (Å²) in [5, 5.41) is 2.44. The molecule has 1 aliphatic heterocycles. The molecule has 0 saturated carbocycles. The van der Waals surface area contributed by atoms with Gasteiger partial charge in [0.05, 0.1) is 19.3 Å². The van der Waals surface area contributed by atoms with Crippen LogP contribution in [0.4, 0.5) is 0 Å². The number of quaternary nitrogens is 1. The smallest absolute Gasteiger partial charge is 0.122 e. The van der Waals surface area contributed by atoms with Gasteiger partial charge in [-0.3, -0.25) is 0 Å². The molecule has 2 aromatic carbocycles. The maximum Gasteiger partial charge on any atom is 0.122 e. The van der Waals surface area contributed by atoms with Crippen molar-refractivity contribution < 1.29 is 14.8 Å². The van der Waals surface area contributed by atoms with Gasteiger partial charge in [-0.05, 0) is 32.3 Å². The minimum Gasteiger partial charge on any atom is -0.496 e. The van der Waals surface area contributed by atoms with E-state index in [1.807, 2.05) is 0 Å². The Morgan fingerprint density at radius 3 is 2.56 bits per heavy atom. The molecular weight excluding hydrogens is 334 g/mol. The molecule has 2 atom stereocenters. The maximum absolute atomic E-state index is 6.19. The summed E-state index contributed by atoms with van der Waals surface area (Å²) in [4.78, 5) is 0. The third-order valence-corrected chi connectivity index (χ3v) is 6.22. The van der Waals surface area contributed by atoms with Crippen LogP contribution in [-0.2, 0) is 16.7 Å². The third-order valence-electron chi connectivity index (χ3n) is 6.22. The summed E-state index contributed by atoms with van der Waals surface area (Å²) in [7, 11) is 1.78. The Labute approximate surface area is 164 Å². The first-order chi connectivity index (χ1) is 13.1. The lowest BCUT2D eigenvalue weighted by Crippen LogP contribution is -2.83. The highest BCUT2D eigenvalue weighted by Crippen LogP contribution is 2.47. The molecule has 0 aliphatic carbocycles. The van der Waals surface area contributed by atoms with E-state index in [2.05, 4.69) is 73.8 Å². The molecule has 0 bridgehead atoms. The van der Waals surface area contributed by atoms with Gasteiger partial charge in [0.1, 0.15) is 12.3 Å². The quantitative estimate of drug-likeness (QED) is 0.713. The molecule has 146 valence electrons. The molecule has 1 heterocycles. The van der Waals surface area contributed by atoms with E-state index >= 15 is 0 Å². The number of benzene rings is 2. The second-order valence-corrected chi connectivity index (χ2v) is 8.08. The van der Waals surface area contributed by atoms with Gasteiger partial charge in [0.2, 0.25) is 0 Å². The number of hydrogen-bond acceptors (Lipinski definition) is 2. The molecule has 0 amide bonds. The Morgan fingerprint density at radius 2 is 1.81 bits per heavy atom. The molecule has 27 heavy (non-hydrogen) atoms. The van der Waals surface area contributed by atoms with Gasteiger partial charge in [-0.2, -0.15) is 0 Å². The van der Waals surface area contributed by atoms with Crippen LogP contribution < -0.4 is 10.1 Å². The highest BCUT2D eigenvalue weighted by atomic mass is 16.5. The average molecular weight is 369 g/mol. The summed E-state index contributed by atoms with van der Waals surface area (Å²) >= 11 is 0. The summed E-state index contributed by atoms with van der Waals surface area (Å²) in [6.45, 7) is 7.46. The molecule has 1 saturated heterocycles. The molecule has 2 aromatic rings. The standard InChI is InChI=1S/C24H33NO2/c1-4-23(2)19-24(15-17-27-23,21-12-8-9-13-22(21)26-3)14-16-25-18-20-10-6-5-7-11-20/h5-13,25H,4,14-19H2,1-3H3/p+1/t23-,24-/m1/s1. The maximum atomic E-state index is 6.19. The van der Waals surface area contributed by atoms with E-state index in [1.165, 1.54) is 11.1 Å². The number of para-hydroxylation sites is 1. The number of ether oxygens (including phenoxy) is 2. The van der Waals surface area contributed by atoms with E-state index in [9.17, 15) is 0 Å². The number of rotatable bonds is 8. The fourth-order valence-corrected chi connectivity index (χ4v) is 4.50. The average Bonchev–Trinajstić information content (AvgIpc) is 2.72. The predicted molar refractivity (Wildman–Crippen MR) is 110 cm³/mol. The minimum absolute atomic E-state index is 0.0570. The van der Waals surface area contributed by atoms with Crippen molar-refractivity contribution in [1.82, 2.24) is 0 Å². The highest BCUT2D eigenvalue weighted by Gasteiger charge is 2.44. The molecule has 3 heteroatoms. The van der Waals surface area contributed by atoms with Crippen molar-refractivity contribution in [2.24, 2.45) is 0 Å². The van der Waals surface area contributed by atoms with Crippen molar-refractivity contribution in [2.75, 3.05) is 20.3 Å². The van der Waals surface area contributed by atoms with Crippen LogP contribution in [0.2, 0.25) is 0 Å². The summed E-state index contributed by atoms with van der Waals surface area (Å²) in [6, 6.07) is 19.3. The largest absolute Gasteiger partial charge is 0.496 e. The van der Waals surface area contributed by atoms with Gasteiger partial charge < -0.3 is 14.8 Å². The number of hydrogen-bond donors (Lipinski definition) is 1. The second kappa shape index (κ2) is 8.90. The molecule has 0 radical (unpaired) electrons. The monoisotopic (exact) mass is 368 g/mol. The molecule has 0 spiro atoms. The van der Waals surface area contributed by atoms with E-state index in [-0.39, 0.29) is 11.0 Å². The molecule has 1 aliphatic rings. The van der Waals surface area contributed by atoms with Gasteiger partial charge in [0.25, 0.3) is 0 Å². The Bertz CT molecular complexity index is 717. The first-order valence-electron chi connectivity index (χ1n) is 10.2. The molecule has 0 unspecified atom stereocenters. The van der Waals surface area contributed by atoms with Gasteiger partial charge in [0, 0.05) is 29.6 Å². The van der Waals surface area contributed by atoms with Crippen LogP contribution in [0, 0.1) is 0 Å². The minimum atomic E-state index is -0.0570. The van der Waals surface area contributed by atoms with Crippen molar-refractivity contribution in [2.45, 2.75) is 57.1 Å². The van der Waals surface area contributed by atoms with E-state index in [4.69, 9.17) is 9.47 Å². The van der Waals surface area contributed by atoms with Crippen LogP contribution in [0.1, 0.15) is 50.7 Å². The summed E-state index contributed by atoms with van der Waals surface area (Å²) in [6.07, 6.45) is 4.29. The van der Waals surface area contributed by atoms with Crippen molar-refractivity contribution in [3.05, 3.63) is 65.7 Å². The Balaban J connectivity index is 1.78. The predicted octanol–water partition coefficient (Wildman–Crippen LogP) is 4.07. The van der Waals surface area contributed by atoms with Crippen molar-refractivity contribution in [3.8, 4) is 5.75 Å². The van der Waals surface area contributed by atoms with Gasteiger partial charge in [-0.25, -0.2) is 0 Å². The fraction of sp³-hybridized carbons (Fsp3) is 0.500. The fourth-order valence-electron chi connectivity index (χ4n) is 4.50. The number of nitrogens with two attached hydrogens (primary N) is 1. The lowest BCUT2D eigenvalue weighted by atomic mass is 9.66. The second-order valence-electron chi connectivity index (χ2n) is 8.08. The number of methoxy groups -OCH3 is 1. The molecule has 2 N–H and O–H groups in total. The zero-order valence-corrected chi connectivity index (χ0v) is 17.0. The normalized spacial score (nSPS) is 25.3. The van der Waals surface area contributed by atoms with Gasteiger partial charge >= 0.3 is 0 Å². The zero-order valence-electron chi connectivity index (χ0n) is 17.0. The lowest BCUT2D eigenvalue weighted by molar-refractivity contribution is -0.672. The van der Waals surface area contributed by atoms with Gasteiger partial charge in [-0.1, -0.05) is 55.5 Å². The topological polar surface area (TPSA) is 35.1 Å². The summed E-state index contributed by atoms with van der Waals surface area (Å²) in [5.41, 5.74) is 2.79. The van der Waals surface area contributed by atoms with Crippen LogP contribution in [0.3, 0.4) is 0 Å². The zero-order chi connectivity index (χ0) is 19.2. The van der Waals surface area contributed by atoms with Crippen molar-refractivity contribution in [1.29, 1.82) is 0 Å². The van der Waals surface area contributed by atoms with E-state index in [0.717, 1.165) is 51.1 Å². The molecule has 3 nitrogen and oxygen atoms in total. The van der Waals surface area contributed by atoms with E-state index < -0.39 is 0 Å². The van der Waals surface area contributed by atoms with E-state index in [1.54, 1.807) is 7.11 Å². The first-order valence-corrected chi connectivity index (χ1v) is 10.2. The Hall–Kier alpha value is -1.84. The van der Waals surface area contributed by atoms with Gasteiger partial charge in [0.15, 0.2) is 0 Å². The SMILES string of the molecule is CC[C@]1(C)C[C@](CC[NH2+]Cc2ccccc2)(c2ccccc2OC)CCO1. The Kier molecular flexibility index (Phi) is 6.56. The van der Waals surface area contributed by atoms with Crippen LogP contribution >= 0.6 is 0 Å². The van der Waals surface area contributed by atoms with Crippen LogP contribution in [0.5, 0.6) is 5.75 Å². The van der Waals surface area contributed by atoms with Crippen LogP contribution in [0.25, 0.3) is 0 Å². The Morgan fingerprint density at radius 1 is 1.07 bits per heavy atom. The molecular formula is C24H34NO2+. The van der Waals surface area contributed by atoms with Crippen molar-refractivity contribution in [3.63, 3.8) is 0 Å². The first kappa shape index (κ1) is 19.9. The van der Waals surface area contributed by atoms with Crippen molar-refractivity contribution >= 4 is 0 Å². The van der Waals surface area contributed by atoms with Crippen LogP contribution in [-0.4, -0.2) is 25.9 Å².